The van der Waals surface area contributed by atoms with Crippen LogP contribution in [-0.2, 0) is 0 Å². The summed E-state index contributed by atoms with van der Waals surface area (Å²) in [5.74, 6) is 0. The largest absolute Gasteiger partial charge is 0.394 e. The topological polar surface area (TPSA) is 45.1 Å². The Morgan fingerprint density at radius 1 is 1.69 bits per heavy atom. The summed E-state index contributed by atoms with van der Waals surface area (Å²) in [6, 6.07) is 1.99. The van der Waals surface area contributed by atoms with Gasteiger partial charge in [-0.2, -0.15) is 0 Å². The molecule has 1 atom stereocenters. The van der Waals surface area contributed by atoms with Crippen LogP contribution >= 0.6 is 15.9 Å². The lowest BCUT2D eigenvalue weighted by Crippen LogP contribution is -2.22. The minimum Gasteiger partial charge on any atom is -0.394 e. The molecule has 1 aromatic rings. The van der Waals surface area contributed by atoms with E-state index in [0.717, 1.165) is 16.6 Å². The number of pyridine rings is 1. The molecule has 0 bridgehead atoms. The van der Waals surface area contributed by atoms with Crippen LogP contribution in [-0.4, -0.2) is 22.7 Å². The number of aliphatic hydroxyl groups excluding tert-OH is 1. The number of halogens is 1. The van der Waals surface area contributed by atoms with Gasteiger partial charge in [0.15, 0.2) is 0 Å². The molecule has 72 valence electrons. The quantitative estimate of drug-likeness (QED) is 0.853. The van der Waals surface area contributed by atoms with Crippen molar-refractivity contribution < 1.29 is 5.11 Å². The Kier molecular flexibility index (Phi) is 4.18. The van der Waals surface area contributed by atoms with E-state index in [-0.39, 0.29) is 12.6 Å². The highest BCUT2D eigenvalue weighted by atomic mass is 79.9. The zero-order valence-electron chi connectivity index (χ0n) is 7.50. The molecule has 0 saturated carbocycles. The first-order valence-corrected chi connectivity index (χ1v) is 5.04. The molecule has 0 aromatic carbocycles. The molecule has 0 aliphatic carbocycles. The first kappa shape index (κ1) is 10.5. The van der Waals surface area contributed by atoms with E-state index in [1.807, 2.05) is 13.0 Å². The predicted molar refractivity (Wildman–Crippen MR) is 56.7 cm³/mol. The molecular formula is C9H13BrN2O. The lowest BCUT2D eigenvalue weighted by Gasteiger charge is -2.16. The Bertz CT molecular complexity index is 264. The zero-order valence-corrected chi connectivity index (χ0v) is 9.08. The van der Waals surface area contributed by atoms with Crippen molar-refractivity contribution in [2.75, 3.05) is 11.9 Å². The first-order valence-electron chi connectivity index (χ1n) is 4.24. The van der Waals surface area contributed by atoms with Crippen molar-refractivity contribution >= 4 is 21.6 Å². The Morgan fingerprint density at radius 2 is 2.46 bits per heavy atom. The van der Waals surface area contributed by atoms with Crippen LogP contribution in [0.25, 0.3) is 0 Å². The van der Waals surface area contributed by atoms with Crippen LogP contribution in [0, 0.1) is 0 Å². The second-order valence-electron chi connectivity index (χ2n) is 2.79. The average molecular weight is 245 g/mol. The van der Waals surface area contributed by atoms with Crippen molar-refractivity contribution in [1.29, 1.82) is 0 Å². The molecule has 2 N–H and O–H groups in total. The van der Waals surface area contributed by atoms with Gasteiger partial charge in [0.05, 0.1) is 16.8 Å². The van der Waals surface area contributed by atoms with Crippen molar-refractivity contribution in [2.45, 2.75) is 19.4 Å². The van der Waals surface area contributed by atoms with Crippen LogP contribution in [0.15, 0.2) is 22.9 Å². The maximum atomic E-state index is 8.98. The molecule has 0 fully saturated rings. The van der Waals surface area contributed by atoms with Crippen LogP contribution in [0.3, 0.4) is 0 Å². The van der Waals surface area contributed by atoms with Gasteiger partial charge in [0.2, 0.25) is 0 Å². The summed E-state index contributed by atoms with van der Waals surface area (Å²) in [4.78, 5) is 3.95. The van der Waals surface area contributed by atoms with E-state index in [1.165, 1.54) is 0 Å². The maximum Gasteiger partial charge on any atom is 0.0632 e. The number of rotatable bonds is 4. The molecule has 1 rings (SSSR count). The number of aliphatic hydroxyl groups is 1. The third-order valence-corrected chi connectivity index (χ3v) is 2.48. The molecular weight excluding hydrogens is 232 g/mol. The molecule has 0 radical (unpaired) electrons. The van der Waals surface area contributed by atoms with Gasteiger partial charge in [-0.05, 0) is 28.4 Å². The van der Waals surface area contributed by atoms with Crippen LogP contribution in [0.5, 0.6) is 0 Å². The summed E-state index contributed by atoms with van der Waals surface area (Å²) < 4.78 is 0.918. The van der Waals surface area contributed by atoms with Crippen LogP contribution in [0.2, 0.25) is 0 Å². The molecule has 0 aliphatic rings. The minimum atomic E-state index is 0.110. The fraction of sp³-hybridized carbons (Fsp3) is 0.444. The fourth-order valence-electron chi connectivity index (χ4n) is 0.989. The number of aromatic nitrogens is 1. The number of nitrogens with zero attached hydrogens (tertiary/aromatic N) is 1. The molecule has 0 saturated heterocycles. The normalized spacial score (nSPS) is 12.5. The number of hydrogen-bond donors (Lipinski definition) is 2. The maximum absolute atomic E-state index is 8.98. The Labute approximate surface area is 86.3 Å². The second kappa shape index (κ2) is 5.19. The zero-order chi connectivity index (χ0) is 9.68. The molecule has 0 aliphatic heterocycles. The molecule has 1 aromatic heterocycles. The van der Waals surface area contributed by atoms with Gasteiger partial charge in [-0.1, -0.05) is 6.92 Å². The van der Waals surface area contributed by atoms with E-state index in [0.29, 0.717) is 0 Å². The standard InChI is InChI=1S/C9H13BrN2O/c1-2-7(6-13)12-9-3-4-11-5-8(9)10/h3-5,7,13H,2,6H2,1H3,(H,11,12)/t7-/m0/s1. The van der Waals surface area contributed by atoms with Gasteiger partial charge in [0.25, 0.3) is 0 Å². The number of hydrogen-bond acceptors (Lipinski definition) is 3. The SMILES string of the molecule is CC[C@@H](CO)Nc1ccncc1Br. The molecule has 0 unspecified atom stereocenters. The smallest absolute Gasteiger partial charge is 0.0632 e. The van der Waals surface area contributed by atoms with Crippen molar-refractivity contribution in [3.8, 4) is 0 Å². The summed E-state index contributed by atoms with van der Waals surface area (Å²) in [6.45, 7) is 2.17. The highest BCUT2D eigenvalue weighted by Crippen LogP contribution is 2.20. The summed E-state index contributed by atoms with van der Waals surface area (Å²) in [5.41, 5.74) is 0.968. The van der Waals surface area contributed by atoms with Crippen LogP contribution < -0.4 is 5.32 Å². The highest BCUT2D eigenvalue weighted by Gasteiger charge is 2.05. The lowest BCUT2D eigenvalue weighted by molar-refractivity contribution is 0.272. The third-order valence-electron chi connectivity index (χ3n) is 1.85. The van der Waals surface area contributed by atoms with E-state index >= 15 is 0 Å². The van der Waals surface area contributed by atoms with E-state index < -0.39 is 0 Å². The fourth-order valence-corrected chi connectivity index (χ4v) is 1.35. The molecule has 13 heavy (non-hydrogen) atoms. The van der Waals surface area contributed by atoms with Crippen molar-refractivity contribution in [2.24, 2.45) is 0 Å². The summed E-state index contributed by atoms with van der Waals surface area (Å²) in [7, 11) is 0. The average Bonchev–Trinajstić information content (AvgIpc) is 2.17. The third kappa shape index (κ3) is 2.97. The number of anilines is 1. The summed E-state index contributed by atoms with van der Waals surface area (Å²) in [6.07, 6.45) is 4.34. The van der Waals surface area contributed by atoms with E-state index in [9.17, 15) is 0 Å². The van der Waals surface area contributed by atoms with Gasteiger partial charge in [-0.3, -0.25) is 4.98 Å². The first-order chi connectivity index (χ1) is 6.27. The molecule has 3 nitrogen and oxygen atoms in total. The van der Waals surface area contributed by atoms with E-state index in [2.05, 4.69) is 26.2 Å². The molecule has 0 spiro atoms. The van der Waals surface area contributed by atoms with E-state index in [4.69, 9.17) is 5.11 Å². The van der Waals surface area contributed by atoms with Crippen molar-refractivity contribution in [3.05, 3.63) is 22.9 Å². The van der Waals surface area contributed by atoms with Gasteiger partial charge in [0.1, 0.15) is 0 Å². The summed E-state index contributed by atoms with van der Waals surface area (Å²) >= 11 is 3.38. The highest BCUT2D eigenvalue weighted by molar-refractivity contribution is 9.10. The Morgan fingerprint density at radius 3 is 3.00 bits per heavy atom. The Balaban J connectivity index is 2.67. The molecule has 4 heteroatoms. The monoisotopic (exact) mass is 244 g/mol. The summed E-state index contributed by atoms with van der Waals surface area (Å²) in [5, 5.41) is 12.2. The van der Waals surface area contributed by atoms with Gasteiger partial charge < -0.3 is 10.4 Å². The van der Waals surface area contributed by atoms with Crippen molar-refractivity contribution in [3.63, 3.8) is 0 Å². The number of nitrogens with one attached hydrogen (secondary N) is 1. The Hall–Kier alpha value is -0.610. The van der Waals surface area contributed by atoms with Gasteiger partial charge >= 0.3 is 0 Å². The predicted octanol–water partition coefficient (Wildman–Crippen LogP) is 2.03. The van der Waals surface area contributed by atoms with Gasteiger partial charge in [0, 0.05) is 18.4 Å². The van der Waals surface area contributed by atoms with Crippen LogP contribution in [0.1, 0.15) is 13.3 Å². The van der Waals surface area contributed by atoms with Crippen LogP contribution in [0.4, 0.5) is 5.69 Å². The van der Waals surface area contributed by atoms with Gasteiger partial charge in [-0.15, -0.1) is 0 Å². The minimum absolute atomic E-state index is 0.110. The molecule has 1 heterocycles. The second-order valence-corrected chi connectivity index (χ2v) is 3.64. The van der Waals surface area contributed by atoms with Gasteiger partial charge in [-0.25, -0.2) is 0 Å². The van der Waals surface area contributed by atoms with E-state index in [1.54, 1.807) is 12.4 Å². The van der Waals surface area contributed by atoms with Crippen molar-refractivity contribution in [1.82, 2.24) is 4.98 Å². The molecule has 0 amide bonds. The lowest BCUT2D eigenvalue weighted by atomic mass is 10.2.